The van der Waals surface area contributed by atoms with Gasteiger partial charge in [-0.05, 0) is 26.4 Å². The molecule has 0 aromatic heterocycles. The van der Waals surface area contributed by atoms with Gasteiger partial charge in [-0.25, -0.2) is 0 Å². The van der Waals surface area contributed by atoms with Crippen molar-refractivity contribution < 1.29 is 5.11 Å². The second-order valence-electron chi connectivity index (χ2n) is 4.05. The molecule has 0 radical (unpaired) electrons. The molecule has 0 spiro atoms. The van der Waals surface area contributed by atoms with Crippen LogP contribution >= 0.6 is 0 Å². The first-order valence-electron chi connectivity index (χ1n) is 5.55. The van der Waals surface area contributed by atoms with Gasteiger partial charge in [0.2, 0.25) is 0 Å². The van der Waals surface area contributed by atoms with E-state index in [1.807, 2.05) is 0 Å². The average Bonchev–Trinajstić information content (AvgIpc) is 2.17. The molecule has 0 aromatic carbocycles. The molecule has 1 heterocycles. The summed E-state index contributed by atoms with van der Waals surface area (Å²) < 4.78 is 0. The van der Waals surface area contributed by atoms with Crippen LogP contribution in [0.15, 0.2) is 0 Å². The molecule has 1 aliphatic rings. The van der Waals surface area contributed by atoms with E-state index in [0.29, 0.717) is 6.04 Å². The third-order valence-corrected chi connectivity index (χ3v) is 2.91. The summed E-state index contributed by atoms with van der Waals surface area (Å²) in [6.45, 7) is 8.50. The summed E-state index contributed by atoms with van der Waals surface area (Å²) >= 11 is 0. The van der Waals surface area contributed by atoms with Gasteiger partial charge in [-0.15, -0.1) is 0 Å². The number of hydrogen-bond acceptors (Lipinski definition) is 4. The normalized spacial score (nSPS) is 25.5. The first-order chi connectivity index (χ1) is 6.77. The van der Waals surface area contributed by atoms with Crippen LogP contribution in [-0.2, 0) is 0 Å². The van der Waals surface area contributed by atoms with Gasteiger partial charge in [0.05, 0.1) is 6.61 Å². The highest BCUT2D eigenvalue weighted by atomic mass is 16.3. The average molecular weight is 201 g/mol. The Labute approximate surface area is 86.7 Å². The largest absolute Gasteiger partial charge is 0.395 e. The van der Waals surface area contributed by atoms with Crippen molar-refractivity contribution in [3.05, 3.63) is 0 Å². The van der Waals surface area contributed by atoms with Crippen LogP contribution in [0.1, 0.15) is 13.3 Å². The molecule has 1 aliphatic heterocycles. The molecule has 0 amide bonds. The van der Waals surface area contributed by atoms with E-state index in [1.165, 1.54) is 0 Å². The molecular weight excluding hydrogens is 178 g/mol. The van der Waals surface area contributed by atoms with E-state index in [4.69, 9.17) is 10.8 Å². The summed E-state index contributed by atoms with van der Waals surface area (Å²) in [4.78, 5) is 4.81. The molecule has 1 atom stereocenters. The van der Waals surface area contributed by atoms with Gasteiger partial charge >= 0.3 is 0 Å². The minimum atomic E-state index is 0.273. The molecule has 1 fully saturated rings. The molecule has 14 heavy (non-hydrogen) atoms. The Kier molecular flexibility index (Phi) is 5.40. The van der Waals surface area contributed by atoms with Crippen LogP contribution in [0.3, 0.4) is 0 Å². The Bertz CT molecular complexity index is 154. The maximum Gasteiger partial charge on any atom is 0.0558 e. The molecule has 0 aliphatic carbocycles. The highest BCUT2D eigenvalue weighted by Crippen LogP contribution is 2.08. The molecule has 4 heteroatoms. The molecule has 1 saturated heterocycles. The van der Waals surface area contributed by atoms with Gasteiger partial charge in [0.15, 0.2) is 0 Å². The predicted molar refractivity (Wildman–Crippen MR) is 58.2 cm³/mol. The van der Waals surface area contributed by atoms with Crippen molar-refractivity contribution >= 4 is 0 Å². The first kappa shape index (κ1) is 11.9. The molecule has 0 saturated carbocycles. The maximum atomic E-state index is 8.84. The Balaban J connectivity index is 2.24. The number of aliphatic hydroxyl groups excluding tert-OH is 1. The highest BCUT2D eigenvalue weighted by Gasteiger charge is 2.22. The van der Waals surface area contributed by atoms with E-state index in [-0.39, 0.29) is 6.61 Å². The van der Waals surface area contributed by atoms with Crippen LogP contribution in [-0.4, -0.2) is 66.8 Å². The van der Waals surface area contributed by atoms with Gasteiger partial charge in [0.1, 0.15) is 0 Å². The zero-order valence-corrected chi connectivity index (χ0v) is 9.15. The summed E-state index contributed by atoms with van der Waals surface area (Å²) in [5.74, 6) is 0. The number of aliphatic hydroxyl groups is 1. The Morgan fingerprint density at radius 3 is 2.71 bits per heavy atom. The molecule has 0 bridgehead atoms. The zero-order valence-electron chi connectivity index (χ0n) is 9.15. The number of hydrogen-bond donors (Lipinski definition) is 2. The monoisotopic (exact) mass is 201 g/mol. The van der Waals surface area contributed by atoms with Gasteiger partial charge in [0, 0.05) is 32.2 Å². The lowest BCUT2D eigenvalue weighted by Gasteiger charge is -2.39. The Morgan fingerprint density at radius 2 is 2.14 bits per heavy atom. The molecule has 4 nitrogen and oxygen atoms in total. The molecule has 0 aromatic rings. The lowest BCUT2D eigenvalue weighted by molar-refractivity contribution is 0.0712. The number of piperazine rings is 1. The summed E-state index contributed by atoms with van der Waals surface area (Å²) in [6, 6.07) is 0.599. The smallest absolute Gasteiger partial charge is 0.0558 e. The topological polar surface area (TPSA) is 52.7 Å². The van der Waals surface area contributed by atoms with Gasteiger partial charge in [-0.3, -0.25) is 9.80 Å². The van der Waals surface area contributed by atoms with Crippen molar-refractivity contribution in [2.24, 2.45) is 5.73 Å². The highest BCUT2D eigenvalue weighted by molar-refractivity contribution is 4.78. The van der Waals surface area contributed by atoms with Crippen LogP contribution in [0, 0.1) is 0 Å². The van der Waals surface area contributed by atoms with Crippen molar-refractivity contribution in [2.75, 3.05) is 45.9 Å². The van der Waals surface area contributed by atoms with Crippen LogP contribution in [0.4, 0.5) is 0 Å². The molecule has 84 valence electrons. The molecule has 3 N–H and O–H groups in total. The lowest BCUT2D eigenvalue weighted by Crippen LogP contribution is -2.52. The molecule has 1 unspecified atom stereocenters. The fourth-order valence-corrected chi connectivity index (χ4v) is 2.04. The number of nitrogens with zero attached hydrogens (tertiary/aromatic N) is 2. The minimum absolute atomic E-state index is 0.273. The molecular formula is C10H23N3O. The fourth-order valence-electron chi connectivity index (χ4n) is 2.04. The minimum Gasteiger partial charge on any atom is -0.395 e. The Morgan fingerprint density at radius 1 is 1.36 bits per heavy atom. The van der Waals surface area contributed by atoms with E-state index in [9.17, 15) is 0 Å². The zero-order chi connectivity index (χ0) is 10.4. The summed E-state index contributed by atoms with van der Waals surface area (Å²) in [6.07, 6.45) is 1.09. The maximum absolute atomic E-state index is 8.84. The number of β-amino-alcohol motifs (C(OH)–C–C–N with tert-alkyl or cyclic N) is 1. The van der Waals surface area contributed by atoms with Crippen molar-refractivity contribution in [3.63, 3.8) is 0 Å². The van der Waals surface area contributed by atoms with Gasteiger partial charge in [-0.1, -0.05) is 0 Å². The molecule has 1 rings (SSSR count). The Hall–Kier alpha value is -0.160. The second-order valence-corrected chi connectivity index (χ2v) is 4.05. The van der Waals surface area contributed by atoms with Crippen molar-refractivity contribution in [1.29, 1.82) is 0 Å². The first-order valence-corrected chi connectivity index (χ1v) is 5.55. The lowest BCUT2D eigenvalue weighted by atomic mass is 10.2. The van der Waals surface area contributed by atoms with Crippen molar-refractivity contribution in [3.8, 4) is 0 Å². The third kappa shape index (κ3) is 3.53. The van der Waals surface area contributed by atoms with E-state index < -0.39 is 0 Å². The summed E-state index contributed by atoms with van der Waals surface area (Å²) in [7, 11) is 0. The van der Waals surface area contributed by atoms with Crippen LogP contribution in [0.25, 0.3) is 0 Å². The van der Waals surface area contributed by atoms with Gasteiger partial charge < -0.3 is 10.8 Å². The van der Waals surface area contributed by atoms with Gasteiger partial charge in [0.25, 0.3) is 0 Å². The van der Waals surface area contributed by atoms with E-state index in [1.54, 1.807) is 0 Å². The summed E-state index contributed by atoms with van der Waals surface area (Å²) in [5.41, 5.74) is 5.50. The van der Waals surface area contributed by atoms with E-state index in [2.05, 4.69) is 16.7 Å². The fraction of sp³-hybridized carbons (Fsp3) is 1.00. The number of nitrogens with two attached hydrogens (primary N) is 1. The van der Waals surface area contributed by atoms with E-state index >= 15 is 0 Å². The van der Waals surface area contributed by atoms with Crippen LogP contribution in [0.5, 0.6) is 0 Å². The van der Waals surface area contributed by atoms with E-state index in [0.717, 1.165) is 45.7 Å². The van der Waals surface area contributed by atoms with Crippen molar-refractivity contribution in [1.82, 2.24) is 9.80 Å². The predicted octanol–water partition coefficient (Wildman–Crippen LogP) is -0.666. The summed E-state index contributed by atoms with van der Waals surface area (Å²) in [5, 5.41) is 8.84. The van der Waals surface area contributed by atoms with Crippen LogP contribution in [0.2, 0.25) is 0 Å². The number of rotatable bonds is 5. The quantitative estimate of drug-likeness (QED) is 0.620. The third-order valence-electron chi connectivity index (χ3n) is 2.91. The SMILES string of the molecule is CC1CN(CCO)CCN1CCCN. The van der Waals surface area contributed by atoms with Crippen LogP contribution < -0.4 is 5.73 Å². The second kappa shape index (κ2) is 6.35. The van der Waals surface area contributed by atoms with Gasteiger partial charge in [-0.2, -0.15) is 0 Å². The standard InChI is InChI=1S/C10H23N3O/c1-10-9-12(7-8-14)5-6-13(10)4-2-3-11/h10,14H,2-9,11H2,1H3. The van der Waals surface area contributed by atoms with Crippen molar-refractivity contribution in [2.45, 2.75) is 19.4 Å².